The number of aromatic nitrogens is 2. The van der Waals surface area contributed by atoms with Gasteiger partial charge in [-0.25, -0.2) is 4.79 Å². The van der Waals surface area contributed by atoms with Crippen LogP contribution in [0, 0.1) is 0 Å². The molecule has 5 heteroatoms. The largest absolute Gasteiger partial charge is 0.383 e. The molecule has 0 aliphatic carbocycles. The van der Waals surface area contributed by atoms with Crippen molar-refractivity contribution < 1.29 is 9.63 Å². The lowest BCUT2D eigenvalue weighted by Crippen LogP contribution is -2.12. The van der Waals surface area contributed by atoms with E-state index in [9.17, 15) is 4.79 Å². The molecule has 1 aromatic heterocycles. The summed E-state index contributed by atoms with van der Waals surface area (Å²) >= 11 is 0. The minimum atomic E-state index is -0.521. The normalized spacial score (nSPS) is 11.8. The van der Waals surface area contributed by atoms with E-state index < -0.39 is 5.97 Å². The number of hydrogen-bond acceptors (Lipinski definition) is 4. The van der Waals surface area contributed by atoms with Crippen LogP contribution in [-0.2, 0) is 17.3 Å². The summed E-state index contributed by atoms with van der Waals surface area (Å²) in [6, 6.07) is 11.2. The molecule has 0 fully saturated rings. The molecule has 0 unspecified atom stereocenters. The molecule has 0 atom stereocenters. The average molecular weight is 285 g/mol. The maximum absolute atomic E-state index is 12.0. The Hall–Kier alpha value is -2.43. The predicted octanol–water partition coefficient (Wildman–Crippen LogP) is 2.91. The Kier molecular flexibility index (Phi) is 4.21. The maximum atomic E-state index is 12.0. The molecule has 0 saturated heterocycles. The highest BCUT2D eigenvalue weighted by molar-refractivity contribution is 5.88. The molecule has 110 valence electrons. The lowest BCUT2D eigenvalue weighted by atomic mass is 9.92. The Morgan fingerprint density at radius 3 is 2.52 bits per heavy atom. The van der Waals surface area contributed by atoms with Gasteiger partial charge < -0.3 is 4.84 Å². The first-order valence-corrected chi connectivity index (χ1v) is 6.72. The third kappa shape index (κ3) is 3.78. The topological polar surface area (TPSA) is 56.5 Å². The van der Waals surface area contributed by atoms with Gasteiger partial charge in [-0.15, -0.1) is 0 Å². The number of carbonyl (C=O) groups excluding carboxylic acids is 1. The quantitative estimate of drug-likeness (QED) is 0.495. The third-order valence-electron chi connectivity index (χ3n) is 2.99. The summed E-state index contributed by atoms with van der Waals surface area (Å²) in [5.74, 6) is -0.521. The van der Waals surface area contributed by atoms with Gasteiger partial charge in [-0.05, 0) is 11.6 Å². The number of carbonyl (C=O) groups is 1. The second-order valence-electron chi connectivity index (χ2n) is 5.81. The van der Waals surface area contributed by atoms with Crippen LogP contribution in [0.5, 0.6) is 0 Å². The van der Waals surface area contributed by atoms with Gasteiger partial charge in [0.25, 0.3) is 0 Å². The van der Waals surface area contributed by atoms with Crippen LogP contribution >= 0.6 is 0 Å². The van der Waals surface area contributed by atoms with Gasteiger partial charge in [0.05, 0.1) is 11.9 Å². The third-order valence-corrected chi connectivity index (χ3v) is 2.99. The Labute approximate surface area is 124 Å². The Bertz CT molecular complexity index is 652. The molecule has 2 rings (SSSR count). The van der Waals surface area contributed by atoms with Crippen LogP contribution in [0.3, 0.4) is 0 Å². The summed E-state index contributed by atoms with van der Waals surface area (Å²) in [4.78, 5) is 16.9. The van der Waals surface area contributed by atoms with E-state index in [4.69, 9.17) is 4.84 Å². The van der Waals surface area contributed by atoms with Crippen LogP contribution in [0.4, 0.5) is 0 Å². The summed E-state index contributed by atoms with van der Waals surface area (Å²) in [6.07, 6.45) is 1.50. The molecule has 0 spiro atoms. The van der Waals surface area contributed by atoms with Crippen molar-refractivity contribution in [3.05, 3.63) is 53.3 Å². The number of nitrogens with zero attached hydrogens (tertiary/aromatic N) is 3. The summed E-state index contributed by atoms with van der Waals surface area (Å²) in [6.45, 7) is 6.12. The van der Waals surface area contributed by atoms with Gasteiger partial charge in [-0.1, -0.05) is 56.3 Å². The van der Waals surface area contributed by atoms with Crippen molar-refractivity contribution in [1.82, 2.24) is 9.78 Å². The van der Waals surface area contributed by atoms with Crippen molar-refractivity contribution in [2.45, 2.75) is 26.2 Å². The molecule has 0 bridgehead atoms. The Morgan fingerprint density at radius 2 is 1.95 bits per heavy atom. The highest BCUT2D eigenvalue weighted by Gasteiger charge is 2.22. The van der Waals surface area contributed by atoms with E-state index in [-0.39, 0.29) is 5.41 Å². The van der Waals surface area contributed by atoms with E-state index in [0.717, 1.165) is 11.3 Å². The van der Waals surface area contributed by atoms with Crippen molar-refractivity contribution in [2.24, 2.45) is 12.2 Å². The molecule has 1 heterocycles. The number of aryl methyl sites for hydroxylation is 1. The predicted molar refractivity (Wildman–Crippen MR) is 81.4 cm³/mol. The lowest BCUT2D eigenvalue weighted by molar-refractivity contribution is 0.0506. The minimum absolute atomic E-state index is 0.121. The Balaban J connectivity index is 2.07. The smallest absolute Gasteiger partial charge is 0.311 e. The second-order valence-corrected chi connectivity index (χ2v) is 5.81. The Morgan fingerprint density at radius 1 is 1.29 bits per heavy atom. The lowest BCUT2D eigenvalue weighted by Gasteiger charge is -2.13. The second kappa shape index (κ2) is 5.91. The summed E-state index contributed by atoms with van der Waals surface area (Å²) in [7, 11) is 1.72. The summed E-state index contributed by atoms with van der Waals surface area (Å²) in [5, 5.41) is 8.05. The molecule has 2 aromatic rings. The van der Waals surface area contributed by atoms with E-state index in [2.05, 4.69) is 10.3 Å². The summed E-state index contributed by atoms with van der Waals surface area (Å²) in [5.41, 5.74) is 1.96. The van der Waals surface area contributed by atoms with Crippen LogP contribution in [-0.4, -0.2) is 22.0 Å². The monoisotopic (exact) mass is 285 g/mol. The zero-order chi connectivity index (χ0) is 15.5. The van der Waals surface area contributed by atoms with Gasteiger partial charge in [0.2, 0.25) is 0 Å². The first kappa shape index (κ1) is 15.0. The van der Waals surface area contributed by atoms with Crippen molar-refractivity contribution in [1.29, 1.82) is 0 Å². The molecule has 5 nitrogen and oxygen atoms in total. The van der Waals surface area contributed by atoms with Gasteiger partial charge in [0.15, 0.2) is 0 Å². The van der Waals surface area contributed by atoms with E-state index >= 15 is 0 Å². The van der Waals surface area contributed by atoms with Crippen molar-refractivity contribution in [3.63, 3.8) is 0 Å². The van der Waals surface area contributed by atoms with Crippen molar-refractivity contribution in [2.75, 3.05) is 0 Å². The fraction of sp³-hybridized carbons (Fsp3) is 0.312. The molecule has 0 N–H and O–H groups in total. The van der Waals surface area contributed by atoms with Gasteiger partial charge >= 0.3 is 5.97 Å². The van der Waals surface area contributed by atoms with Crippen LogP contribution in [0.1, 0.15) is 42.5 Å². The maximum Gasteiger partial charge on any atom is 0.383 e. The van der Waals surface area contributed by atoms with Crippen LogP contribution in [0.15, 0.2) is 41.6 Å². The van der Waals surface area contributed by atoms with Crippen LogP contribution in [0.2, 0.25) is 0 Å². The molecule has 1 aromatic carbocycles. The highest BCUT2D eigenvalue weighted by atomic mass is 16.7. The highest BCUT2D eigenvalue weighted by Crippen LogP contribution is 2.21. The fourth-order valence-corrected chi connectivity index (χ4v) is 1.75. The molecule has 0 aliphatic heterocycles. The zero-order valence-corrected chi connectivity index (χ0v) is 12.7. The molecule has 0 radical (unpaired) electrons. The van der Waals surface area contributed by atoms with Crippen LogP contribution in [0.25, 0.3) is 0 Å². The minimum Gasteiger partial charge on any atom is -0.311 e. The van der Waals surface area contributed by atoms with Crippen molar-refractivity contribution >= 4 is 12.2 Å². The van der Waals surface area contributed by atoms with E-state index in [1.165, 1.54) is 10.9 Å². The van der Waals surface area contributed by atoms with Gasteiger partial charge in [0, 0.05) is 12.5 Å². The first-order chi connectivity index (χ1) is 9.88. The number of oxime groups is 1. The number of benzene rings is 1. The molecule has 21 heavy (non-hydrogen) atoms. The standard InChI is InChI=1S/C16H19N3O2/c1-16(2,3)14-10-13(19(4)18-14)15(20)21-17-11-12-8-6-5-7-9-12/h5-11H,1-4H3/b17-11+. The van der Waals surface area contributed by atoms with Crippen molar-refractivity contribution in [3.8, 4) is 0 Å². The van der Waals surface area contributed by atoms with E-state index in [1.54, 1.807) is 13.1 Å². The first-order valence-electron chi connectivity index (χ1n) is 6.72. The van der Waals surface area contributed by atoms with Gasteiger partial charge in [-0.2, -0.15) is 5.10 Å². The number of hydrogen-bond donors (Lipinski definition) is 0. The van der Waals surface area contributed by atoms with E-state index in [1.807, 2.05) is 51.1 Å². The molecule has 0 amide bonds. The molecular weight excluding hydrogens is 266 g/mol. The fourth-order valence-electron chi connectivity index (χ4n) is 1.75. The summed E-state index contributed by atoms with van der Waals surface area (Å²) < 4.78 is 1.51. The molecular formula is C16H19N3O2. The molecule has 0 saturated carbocycles. The van der Waals surface area contributed by atoms with Crippen LogP contribution < -0.4 is 0 Å². The SMILES string of the molecule is Cn1nc(C(C)(C)C)cc1C(=O)O/N=C/c1ccccc1. The van der Waals surface area contributed by atoms with Gasteiger partial charge in [-0.3, -0.25) is 4.68 Å². The zero-order valence-electron chi connectivity index (χ0n) is 12.7. The molecule has 0 aliphatic rings. The van der Waals surface area contributed by atoms with E-state index in [0.29, 0.717) is 5.69 Å². The average Bonchev–Trinajstić information content (AvgIpc) is 2.82. The van der Waals surface area contributed by atoms with Gasteiger partial charge in [0.1, 0.15) is 5.69 Å². The number of rotatable bonds is 3.